The zero-order valence-corrected chi connectivity index (χ0v) is 14.8. The molecule has 0 saturated carbocycles. The van der Waals surface area contributed by atoms with Crippen LogP contribution in [0.1, 0.15) is 24.2 Å². The second-order valence-electron chi connectivity index (χ2n) is 6.06. The molecule has 0 fully saturated rings. The monoisotopic (exact) mass is 347 g/mol. The van der Waals surface area contributed by atoms with Crippen LogP contribution in [0.15, 0.2) is 78.9 Å². The van der Waals surface area contributed by atoms with Gasteiger partial charge in [-0.05, 0) is 62.4 Å². The fourth-order valence-corrected chi connectivity index (χ4v) is 2.44. The molecule has 0 aliphatic heterocycles. The van der Waals surface area contributed by atoms with E-state index >= 15 is 0 Å². The first-order valence-corrected chi connectivity index (χ1v) is 8.52. The fourth-order valence-electron chi connectivity index (χ4n) is 2.44. The van der Waals surface area contributed by atoms with E-state index in [1.807, 2.05) is 80.6 Å². The predicted molar refractivity (Wildman–Crippen MR) is 103 cm³/mol. The number of anilines is 1. The van der Waals surface area contributed by atoms with Crippen molar-refractivity contribution < 1.29 is 14.3 Å². The summed E-state index contributed by atoms with van der Waals surface area (Å²) in [4.78, 5) is 12.6. The molecule has 0 aliphatic rings. The van der Waals surface area contributed by atoms with Crippen LogP contribution in [-0.2, 0) is 0 Å². The Bertz CT molecular complexity index is 858. The van der Waals surface area contributed by atoms with Gasteiger partial charge < -0.3 is 14.8 Å². The van der Waals surface area contributed by atoms with Gasteiger partial charge in [-0.25, -0.2) is 0 Å². The molecule has 0 radical (unpaired) electrons. The summed E-state index contributed by atoms with van der Waals surface area (Å²) >= 11 is 0. The van der Waals surface area contributed by atoms with Gasteiger partial charge in [0.15, 0.2) is 0 Å². The van der Waals surface area contributed by atoms with E-state index in [2.05, 4.69) is 5.32 Å². The van der Waals surface area contributed by atoms with Crippen LogP contribution in [-0.4, -0.2) is 12.0 Å². The van der Waals surface area contributed by atoms with Gasteiger partial charge in [-0.3, -0.25) is 4.79 Å². The molecule has 132 valence electrons. The van der Waals surface area contributed by atoms with Gasteiger partial charge in [-0.2, -0.15) is 0 Å². The van der Waals surface area contributed by atoms with Gasteiger partial charge in [-0.1, -0.05) is 30.3 Å². The lowest BCUT2D eigenvalue weighted by molar-refractivity contribution is 0.102. The maximum Gasteiger partial charge on any atom is 0.259 e. The third-order valence-electron chi connectivity index (χ3n) is 3.59. The maximum absolute atomic E-state index is 12.6. The second kappa shape index (κ2) is 8.21. The van der Waals surface area contributed by atoms with E-state index in [0.717, 1.165) is 5.75 Å². The number of para-hydroxylation sites is 2. The molecule has 0 unspecified atom stereocenters. The number of carbonyl (C=O) groups is 1. The average Bonchev–Trinajstić information content (AvgIpc) is 2.64. The molecule has 0 aliphatic carbocycles. The summed E-state index contributed by atoms with van der Waals surface area (Å²) in [7, 11) is 0. The maximum atomic E-state index is 12.6. The number of rotatable bonds is 6. The number of ether oxygens (including phenoxy) is 2. The van der Waals surface area contributed by atoms with Gasteiger partial charge in [0.25, 0.3) is 5.91 Å². The fraction of sp³-hybridized carbons (Fsp3) is 0.136. The largest absolute Gasteiger partial charge is 0.490 e. The van der Waals surface area contributed by atoms with Gasteiger partial charge in [0.2, 0.25) is 0 Å². The molecule has 26 heavy (non-hydrogen) atoms. The van der Waals surface area contributed by atoms with Crippen molar-refractivity contribution in [2.45, 2.75) is 20.0 Å². The molecule has 3 aromatic carbocycles. The van der Waals surface area contributed by atoms with Crippen LogP contribution >= 0.6 is 0 Å². The minimum absolute atomic E-state index is 0.00151. The van der Waals surface area contributed by atoms with E-state index in [-0.39, 0.29) is 12.0 Å². The van der Waals surface area contributed by atoms with Crippen molar-refractivity contribution in [1.82, 2.24) is 0 Å². The van der Waals surface area contributed by atoms with Crippen LogP contribution in [0.25, 0.3) is 0 Å². The average molecular weight is 347 g/mol. The standard InChI is InChI=1S/C22H21NO3/c1-16(2)25-21-11-7-6-10-20(21)22(24)23-17-12-14-19(15-13-17)26-18-8-4-3-5-9-18/h3-16H,1-2H3,(H,23,24). The van der Waals surface area contributed by atoms with E-state index in [1.54, 1.807) is 12.1 Å². The van der Waals surface area contributed by atoms with E-state index in [0.29, 0.717) is 22.7 Å². The van der Waals surface area contributed by atoms with Gasteiger partial charge in [0, 0.05) is 5.69 Å². The van der Waals surface area contributed by atoms with Crippen molar-refractivity contribution in [2.24, 2.45) is 0 Å². The molecule has 4 heteroatoms. The van der Waals surface area contributed by atoms with E-state index in [4.69, 9.17) is 9.47 Å². The Balaban J connectivity index is 1.68. The van der Waals surface area contributed by atoms with Crippen molar-refractivity contribution in [3.63, 3.8) is 0 Å². The molecule has 4 nitrogen and oxygen atoms in total. The first-order chi connectivity index (χ1) is 12.6. The van der Waals surface area contributed by atoms with E-state index in [9.17, 15) is 4.79 Å². The SMILES string of the molecule is CC(C)Oc1ccccc1C(=O)Nc1ccc(Oc2ccccc2)cc1. The topological polar surface area (TPSA) is 47.6 Å². The molecular formula is C22H21NO3. The highest BCUT2D eigenvalue weighted by Crippen LogP contribution is 2.24. The van der Waals surface area contributed by atoms with Crippen LogP contribution in [0.2, 0.25) is 0 Å². The lowest BCUT2D eigenvalue weighted by atomic mass is 10.1. The number of carbonyl (C=O) groups excluding carboxylic acids is 1. The minimum Gasteiger partial charge on any atom is -0.490 e. The van der Waals surface area contributed by atoms with Crippen molar-refractivity contribution in [3.05, 3.63) is 84.4 Å². The first kappa shape index (κ1) is 17.5. The van der Waals surface area contributed by atoms with Gasteiger partial charge in [0.05, 0.1) is 11.7 Å². The molecule has 1 N–H and O–H groups in total. The highest BCUT2D eigenvalue weighted by molar-refractivity contribution is 6.06. The Kier molecular flexibility index (Phi) is 5.54. The van der Waals surface area contributed by atoms with Crippen molar-refractivity contribution in [1.29, 1.82) is 0 Å². The lowest BCUT2D eigenvalue weighted by Gasteiger charge is -2.14. The highest BCUT2D eigenvalue weighted by atomic mass is 16.5. The summed E-state index contributed by atoms with van der Waals surface area (Å²) in [5.41, 5.74) is 1.19. The smallest absolute Gasteiger partial charge is 0.259 e. The first-order valence-electron chi connectivity index (χ1n) is 8.52. The Labute approximate surface area is 153 Å². The Hall–Kier alpha value is -3.27. The summed E-state index contributed by atoms with van der Waals surface area (Å²) in [5.74, 6) is 1.84. The summed E-state index contributed by atoms with van der Waals surface area (Å²) in [6.07, 6.45) is -0.00151. The number of amides is 1. The normalized spacial score (nSPS) is 10.4. The zero-order chi connectivity index (χ0) is 18.4. The van der Waals surface area contributed by atoms with Crippen LogP contribution in [0.5, 0.6) is 17.2 Å². The molecule has 3 rings (SSSR count). The third kappa shape index (κ3) is 4.63. The van der Waals surface area contributed by atoms with Crippen LogP contribution < -0.4 is 14.8 Å². The van der Waals surface area contributed by atoms with E-state index < -0.39 is 0 Å². The molecule has 0 atom stereocenters. The van der Waals surface area contributed by atoms with Crippen LogP contribution in [0.4, 0.5) is 5.69 Å². The van der Waals surface area contributed by atoms with E-state index in [1.165, 1.54) is 0 Å². The Morgan fingerprint density at radius 3 is 2.12 bits per heavy atom. The van der Waals surface area contributed by atoms with Gasteiger partial charge in [-0.15, -0.1) is 0 Å². The summed E-state index contributed by atoms with van der Waals surface area (Å²) in [5, 5.41) is 2.89. The third-order valence-corrected chi connectivity index (χ3v) is 3.59. The second-order valence-corrected chi connectivity index (χ2v) is 6.06. The summed E-state index contributed by atoms with van der Waals surface area (Å²) in [6, 6.07) is 24.0. The van der Waals surface area contributed by atoms with Crippen LogP contribution in [0.3, 0.4) is 0 Å². The van der Waals surface area contributed by atoms with Gasteiger partial charge in [0.1, 0.15) is 17.2 Å². The summed E-state index contributed by atoms with van der Waals surface area (Å²) < 4.78 is 11.5. The van der Waals surface area contributed by atoms with Gasteiger partial charge >= 0.3 is 0 Å². The predicted octanol–water partition coefficient (Wildman–Crippen LogP) is 5.52. The molecule has 3 aromatic rings. The molecule has 0 saturated heterocycles. The molecule has 0 spiro atoms. The van der Waals surface area contributed by atoms with Crippen molar-refractivity contribution in [3.8, 4) is 17.2 Å². The summed E-state index contributed by atoms with van der Waals surface area (Å²) in [6.45, 7) is 3.86. The molecule has 0 aromatic heterocycles. The number of nitrogens with one attached hydrogen (secondary N) is 1. The van der Waals surface area contributed by atoms with Crippen LogP contribution in [0, 0.1) is 0 Å². The number of benzene rings is 3. The number of hydrogen-bond donors (Lipinski definition) is 1. The Morgan fingerprint density at radius 1 is 0.808 bits per heavy atom. The number of hydrogen-bond acceptors (Lipinski definition) is 3. The van der Waals surface area contributed by atoms with Crippen molar-refractivity contribution in [2.75, 3.05) is 5.32 Å². The molecule has 1 amide bonds. The Morgan fingerprint density at radius 2 is 1.42 bits per heavy atom. The minimum atomic E-state index is -0.210. The molecule has 0 bridgehead atoms. The molecular weight excluding hydrogens is 326 g/mol. The molecule has 0 heterocycles. The van der Waals surface area contributed by atoms with Crippen molar-refractivity contribution >= 4 is 11.6 Å². The lowest BCUT2D eigenvalue weighted by Crippen LogP contribution is -2.15. The quantitative estimate of drug-likeness (QED) is 0.639. The highest BCUT2D eigenvalue weighted by Gasteiger charge is 2.13. The zero-order valence-electron chi connectivity index (χ0n) is 14.8.